The average molecular weight is 329 g/mol. The molecule has 1 heterocycles. The van der Waals surface area contributed by atoms with Crippen molar-refractivity contribution in [3.63, 3.8) is 0 Å². The number of hydrogen-bond acceptors (Lipinski definition) is 3. The minimum atomic E-state index is -0.970. The largest absolute Gasteiger partial charge is 0.391 e. The molecular formula is C19H27N3O2. The van der Waals surface area contributed by atoms with Gasteiger partial charge in [0, 0.05) is 23.5 Å². The highest BCUT2D eigenvalue weighted by Gasteiger charge is 2.36. The molecule has 24 heavy (non-hydrogen) atoms. The molecule has 1 aromatic carbocycles. The molecule has 0 radical (unpaired) electrons. The van der Waals surface area contributed by atoms with Crippen LogP contribution in [0.25, 0.3) is 10.9 Å². The molecular weight excluding hydrogens is 302 g/mol. The molecule has 0 bridgehead atoms. The topological polar surface area (TPSA) is 91.1 Å². The van der Waals surface area contributed by atoms with Crippen LogP contribution in [0.3, 0.4) is 0 Å². The number of H-pyrrole nitrogens is 1. The number of rotatable bonds is 5. The van der Waals surface area contributed by atoms with E-state index in [4.69, 9.17) is 5.73 Å². The third kappa shape index (κ3) is 3.32. The van der Waals surface area contributed by atoms with Gasteiger partial charge in [0.1, 0.15) is 0 Å². The zero-order chi connectivity index (χ0) is 17.2. The number of aromatic amines is 1. The van der Waals surface area contributed by atoms with Crippen molar-refractivity contribution in [3.8, 4) is 0 Å². The highest BCUT2D eigenvalue weighted by molar-refractivity contribution is 5.89. The molecule has 5 heteroatoms. The number of benzene rings is 1. The lowest BCUT2D eigenvalue weighted by Crippen LogP contribution is -2.59. The van der Waals surface area contributed by atoms with Gasteiger partial charge >= 0.3 is 0 Å². The van der Waals surface area contributed by atoms with Crippen LogP contribution in [0.5, 0.6) is 0 Å². The predicted octanol–water partition coefficient (Wildman–Crippen LogP) is 2.24. The molecule has 3 atom stereocenters. The lowest BCUT2D eigenvalue weighted by molar-refractivity contribution is -0.128. The van der Waals surface area contributed by atoms with Crippen molar-refractivity contribution in [1.29, 1.82) is 0 Å². The third-order valence-corrected chi connectivity index (χ3v) is 5.31. The van der Waals surface area contributed by atoms with Gasteiger partial charge < -0.3 is 21.1 Å². The molecule has 1 aliphatic carbocycles. The maximum absolute atomic E-state index is 12.8. The van der Waals surface area contributed by atoms with Crippen LogP contribution in [-0.4, -0.2) is 33.7 Å². The maximum Gasteiger partial charge on any atom is 0.240 e. The fourth-order valence-corrected chi connectivity index (χ4v) is 3.58. The smallest absolute Gasteiger partial charge is 0.240 e. The van der Waals surface area contributed by atoms with Crippen LogP contribution in [0.15, 0.2) is 30.5 Å². The molecule has 0 aliphatic heterocycles. The van der Waals surface area contributed by atoms with Gasteiger partial charge in [-0.05, 0) is 30.9 Å². The van der Waals surface area contributed by atoms with Gasteiger partial charge in [0.15, 0.2) is 0 Å². The number of amides is 1. The van der Waals surface area contributed by atoms with Gasteiger partial charge in [-0.1, -0.05) is 38.0 Å². The fraction of sp³-hybridized carbons (Fsp3) is 0.526. The van der Waals surface area contributed by atoms with Crippen molar-refractivity contribution in [2.75, 3.05) is 0 Å². The summed E-state index contributed by atoms with van der Waals surface area (Å²) in [4.78, 5) is 16.0. The van der Waals surface area contributed by atoms with Crippen LogP contribution in [0, 0.1) is 0 Å². The first-order valence-electron chi connectivity index (χ1n) is 8.86. The van der Waals surface area contributed by atoms with Gasteiger partial charge in [0.05, 0.1) is 17.7 Å². The van der Waals surface area contributed by atoms with Crippen LogP contribution >= 0.6 is 0 Å². The molecule has 0 saturated heterocycles. The van der Waals surface area contributed by atoms with Crippen molar-refractivity contribution < 1.29 is 9.90 Å². The van der Waals surface area contributed by atoms with E-state index in [-0.39, 0.29) is 11.9 Å². The predicted molar refractivity (Wildman–Crippen MR) is 95.6 cm³/mol. The SMILES string of the molecule is CC[C@@](N)(Cc1c[nH]c2ccccc12)C(=O)N[C@H]1CCCC[C@@H]1O. The number of para-hydroxylation sites is 1. The summed E-state index contributed by atoms with van der Waals surface area (Å²) in [5.41, 5.74) is 7.61. The molecule has 1 fully saturated rings. The second kappa shape index (κ2) is 6.95. The molecule has 1 saturated carbocycles. The number of fused-ring (bicyclic) bond motifs is 1. The number of carbonyl (C=O) groups is 1. The number of aromatic nitrogens is 1. The summed E-state index contributed by atoms with van der Waals surface area (Å²) in [6, 6.07) is 7.85. The van der Waals surface area contributed by atoms with Crippen molar-refractivity contribution in [3.05, 3.63) is 36.0 Å². The van der Waals surface area contributed by atoms with Crippen LogP contribution in [0.4, 0.5) is 0 Å². The number of hydrogen-bond donors (Lipinski definition) is 4. The van der Waals surface area contributed by atoms with E-state index in [9.17, 15) is 9.90 Å². The van der Waals surface area contributed by atoms with Gasteiger partial charge in [0.25, 0.3) is 0 Å². The minimum absolute atomic E-state index is 0.166. The van der Waals surface area contributed by atoms with Crippen molar-refractivity contribution >= 4 is 16.8 Å². The first kappa shape index (κ1) is 17.0. The average Bonchev–Trinajstić information content (AvgIpc) is 2.99. The van der Waals surface area contributed by atoms with Crippen LogP contribution in [0.2, 0.25) is 0 Å². The Hall–Kier alpha value is -1.85. The lowest BCUT2D eigenvalue weighted by Gasteiger charge is -2.33. The van der Waals surface area contributed by atoms with E-state index in [1.54, 1.807) is 0 Å². The van der Waals surface area contributed by atoms with Crippen LogP contribution in [0.1, 0.15) is 44.6 Å². The Morgan fingerprint density at radius 1 is 1.38 bits per heavy atom. The summed E-state index contributed by atoms with van der Waals surface area (Å²) in [5, 5.41) is 14.2. The minimum Gasteiger partial charge on any atom is -0.391 e. The highest BCUT2D eigenvalue weighted by atomic mass is 16.3. The number of aliphatic hydroxyl groups is 1. The number of nitrogens with two attached hydrogens (primary N) is 1. The van der Waals surface area contributed by atoms with Crippen LogP contribution in [-0.2, 0) is 11.2 Å². The van der Waals surface area contributed by atoms with Gasteiger partial charge in [-0.2, -0.15) is 0 Å². The van der Waals surface area contributed by atoms with Crippen LogP contribution < -0.4 is 11.1 Å². The standard InChI is InChI=1S/C19H27N3O2/c1-2-19(20,18(24)22-16-9-5-6-10-17(16)23)11-13-12-21-15-8-4-3-7-14(13)15/h3-4,7-8,12,16-17,21,23H,2,5-6,9-11,20H2,1H3,(H,22,24)/t16-,17-,19+/m0/s1. The summed E-state index contributed by atoms with van der Waals surface area (Å²) in [6.45, 7) is 1.94. The normalized spacial score (nSPS) is 23.8. The number of aliphatic hydroxyl groups excluding tert-OH is 1. The Bertz CT molecular complexity index is 711. The van der Waals surface area contributed by atoms with E-state index in [2.05, 4.69) is 10.3 Å². The second-order valence-corrected chi connectivity index (χ2v) is 6.98. The van der Waals surface area contributed by atoms with E-state index >= 15 is 0 Å². The van der Waals surface area contributed by atoms with Gasteiger partial charge in [0.2, 0.25) is 5.91 Å². The third-order valence-electron chi connectivity index (χ3n) is 5.31. The Balaban J connectivity index is 1.76. The Morgan fingerprint density at radius 2 is 2.12 bits per heavy atom. The van der Waals surface area contributed by atoms with E-state index < -0.39 is 11.6 Å². The molecule has 2 aromatic rings. The number of nitrogens with one attached hydrogen (secondary N) is 2. The van der Waals surface area contributed by atoms with Gasteiger partial charge in [-0.15, -0.1) is 0 Å². The molecule has 130 valence electrons. The van der Waals surface area contributed by atoms with Crippen molar-refractivity contribution in [2.45, 2.75) is 63.1 Å². The summed E-state index contributed by atoms with van der Waals surface area (Å²) in [7, 11) is 0. The summed E-state index contributed by atoms with van der Waals surface area (Å²) < 4.78 is 0. The summed E-state index contributed by atoms with van der Waals surface area (Å²) >= 11 is 0. The Kier molecular flexibility index (Phi) is 4.92. The first-order chi connectivity index (χ1) is 11.5. The van der Waals surface area contributed by atoms with E-state index in [0.717, 1.165) is 42.1 Å². The zero-order valence-electron chi connectivity index (χ0n) is 14.2. The molecule has 1 aliphatic rings. The van der Waals surface area contributed by atoms with E-state index in [1.807, 2.05) is 37.4 Å². The summed E-state index contributed by atoms with van der Waals surface area (Å²) in [6.07, 6.45) is 6.11. The summed E-state index contributed by atoms with van der Waals surface area (Å²) in [5.74, 6) is -0.166. The highest BCUT2D eigenvalue weighted by Crippen LogP contribution is 2.24. The van der Waals surface area contributed by atoms with Gasteiger partial charge in [-0.3, -0.25) is 4.79 Å². The van der Waals surface area contributed by atoms with E-state index in [0.29, 0.717) is 12.8 Å². The van der Waals surface area contributed by atoms with E-state index in [1.165, 1.54) is 0 Å². The van der Waals surface area contributed by atoms with Crippen molar-refractivity contribution in [1.82, 2.24) is 10.3 Å². The zero-order valence-corrected chi connectivity index (χ0v) is 14.2. The van der Waals surface area contributed by atoms with Crippen molar-refractivity contribution in [2.24, 2.45) is 5.73 Å². The lowest BCUT2D eigenvalue weighted by atomic mass is 9.86. The fourth-order valence-electron chi connectivity index (χ4n) is 3.58. The molecule has 0 spiro atoms. The Morgan fingerprint density at radius 3 is 2.88 bits per heavy atom. The monoisotopic (exact) mass is 329 g/mol. The maximum atomic E-state index is 12.8. The molecule has 1 amide bonds. The Labute approximate surface area is 142 Å². The molecule has 1 aromatic heterocycles. The quantitative estimate of drug-likeness (QED) is 0.678. The second-order valence-electron chi connectivity index (χ2n) is 6.98. The van der Waals surface area contributed by atoms with Gasteiger partial charge in [-0.25, -0.2) is 0 Å². The molecule has 3 rings (SSSR count). The molecule has 5 N–H and O–H groups in total. The molecule has 5 nitrogen and oxygen atoms in total. The first-order valence-corrected chi connectivity index (χ1v) is 8.86. The molecule has 0 unspecified atom stereocenters. The number of carbonyl (C=O) groups excluding carboxylic acids is 1.